The smallest absolute Gasteiger partial charge is 0.330 e. The van der Waals surface area contributed by atoms with E-state index in [4.69, 9.17) is 5.73 Å². The SMILES string of the molecule is C=CCn1c(SCC(=O)c2c(N)n(C3CC3)c(=O)[nH]c2=O)nnc1C1CCS(=O)(=O)C1. The molecule has 2 aromatic heterocycles. The average molecular weight is 467 g/mol. The largest absolute Gasteiger partial charge is 0.384 e. The summed E-state index contributed by atoms with van der Waals surface area (Å²) in [6, 6.07) is -0.0931. The number of allylic oxidation sites excluding steroid dienone is 1. The maximum absolute atomic E-state index is 12.8. The summed E-state index contributed by atoms with van der Waals surface area (Å²) in [6.07, 6.45) is 3.64. The molecule has 2 fully saturated rings. The van der Waals surface area contributed by atoms with Crippen molar-refractivity contribution in [2.24, 2.45) is 0 Å². The summed E-state index contributed by atoms with van der Waals surface area (Å²) < 4.78 is 26.7. The maximum Gasteiger partial charge on any atom is 0.330 e. The van der Waals surface area contributed by atoms with E-state index in [1.54, 1.807) is 10.6 Å². The second-order valence-corrected chi connectivity index (χ2v) is 10.8. The monoisotopic (exact) mass is 466 g/mol. The minimum atomic E-state index is -3.09. The van der Waals surface area contributed by atoms with Crippen molar-refractivity contribution >= 4 is 33.2 Å². The number of ketones is 1. The Hall–Kier alpha value is -2.67. The molecule has 166 valence electrons. The minimum absolute atomic E-state index is 0.0144. The van der Waals surface area contributed by atoms with Crippen LogP contribution >= 0.6 is 11.8 Å². The molecule has 0 bridgehead atoms. The molecule has 0 radical (unpaired) electrons. The Balaban J connectivity index is 1.57. The van der Waals surface area contributed by atoms with Crippen LogP contribution in [-0.4, -0.2) is 55.8 Å². The van der Waals surface area contributed by atoms with E-state index in [-0.39, 0.29) is 40.6 Å². The Kier molecular flexibility index (Phi) is 5.64. The van der Waals surface area contributed by atoms with Gasteiger partial charge in [-0.25, -0.2) is 13.2 Å². The van der Waals surface area contributed by atoms with Gasteiger partial charge in [0.15, 0.2) is 20.8 Å². The van der Waals surface area contributed by atoms with Gasteiger partial charge in [-0.15, -0.1) is 16.8 Å². The van der Waals surface area contributed by atoms with Crippen molar-refractivity contribution in [1.29, 1.82) is 0 Å². The molecule has 2 aliphatic rings. The number of carbonyl (C=O) groups is 1. The number of aromatic amines is 1. The van der Waals surface area contributed by atoms with Crippen LogP contribution in [-0.2, 0) is 16.4 Å². The number of H-pyrrole nitrogens is 1. The van der Waals surface area contributed by atoms with Crippen molar-refractivity contribution in [2.75, 3.05) is 23.0 Å². The fourth-order valence-corrected chi connectivity index (χ4v) is 6.31. The molecule has 1 saturated heterocycles. The third kappa shape index (κ3) is 4.24. The molecular formula is C18H22N6O5S2. The highest BCUT2D eigenvalue weighted by Crippen LogP contribution is 2.35. The van der Waals surface area contributed by atoms with E-state index in [9.17, 15) is 22.8 Å². The summed E-state index contributed by atoms with van der Waals surface area (Å²) in [5, 5.41) is 8.69. The number of rotatable bonds is 8. The summed E-state index contributed by atoms with van der Waals surface area (Å²) in [5.74, 6) is -0.394. The second kappa shape index (κ2) is 8.11. The van der Waals surface area contributed by atoms with Crippen LogP contribution in [0.2, 0.25) is 0 Å². The van der Waals surface area contributed by atoms with Gasteiger partial charge in [0.25, 0.3) is 5.56 Å². The van der Waals surface area contributed by atoms with Crippen molar-refractivity contribution in [3.63, 3.8) is 0 Å². The molecule has 1 unspecified atom stereocenters. The molecule has 1 saturated carbocycles. The van der Waals surface area contributed by atoms with Crippen LogP contribution in [0.1, 0.15) is 47.4 Å². The molecule has 1 aliphatic heterocycles. The first-order valence-corrected chi connectivity index (χ1v) is 12.6. The Morgan fingerprint density at radius 1 is 1.29 bits per heavy atom. The number of nitrogens with zero attached hydrogens (tertiary/aromatic N) is 4. The summed E-state index contributed by atoms with van der Waals surface area (Å²) in [7, 11) is -3.09. The summed E-state index contributed by atoms with van der Waals surface area (Å²) in [5.41, 5.74) is 4.33. The molecule has 11 nitrogen and oxygen atoms in total. The minimum Gasteiger partial charge on any atom is -0.384 e. The van der Waals surface area contributed by atoms with Crippen molar-refractivity contribution in [2.45, 2.75) is 42.9 Å². The van der Waals surface area contributed by atoms with Crippen LogP contribution in [0, 0.1) is 0 Å². The summed E-state index contributed by atoms with van der Waals surface area (Å²) in [6.45, 7) is 4.07. The summed E-state index contributed by atoms with van der Waals surface area (Å²) in [4.78, 5) is 39.2. The van der Waals surface area contributed by atoms with Crippen LogP contribution in [0.15, 0.2) is 27.4 Å². The van der Waals surface area contributed by atoms with Gasteiger partial charge in [0.1, 0.15) is 17.2 Å². The fourth-order valence-electron chi connectivity index (χ4n) is 3.74. The molecular weight excluding hydrogens is 444 g/mol. The first-order chi connectivity index (χ1) is 14.7. The summed E-state index contributed by atoms with van der Waals surface area (Å²) >= 11 is 1.07. The molecule has 2 aromatic rings. The number of nitrogens with two attached hydrogens (primary N) is 1. The van der Waals surface area contributed by atoms with Gasteiger partial charge in [-0.1, -0.05) is 17.8 Å². The number of nitrogens with one attached hydrogen (secondary N) is 1. The predicted molar refractivity (Wildman–Crippen MR) is 115 cm³/mol. The average Bonchev–Trinajstić information content (AvgIpc) is 3.33. The topological polar surface area (TPSA) is 163 Å². The van der Waals surface area contributed by atoms with Gasteiger partial charge >= 0.3 is 5.69 Å². The van der Waals surface area contributed by atoms with E-state index >= 15 is 0 Å². The molecule has 1 aliphatic carbocycles. The first kappa shape index (κ1) is 21.6. The molecule has 4 rings (SSSR count). The number of hydrogen-bond acceptors (Lipinski definition) is 9. The van der Waals surface area contributed by atoms with Gasteiger partial charge in [-0.3, -0.25) is 19.1 Å². The second-order valence-electron chi connectivity index (χ2n) is 7.67. The molecule has 0 aromatic carbocycles. The highest BCUT2D eigenvalue weighted by atomic mass is 32.2. The number of thioether (sulfide) groups is 1. The van der Waals surface area contributed by atoms with Crippen LogP contribution < -0.4 is 17.0 Å². The fraction of sp³-hybridized carbons (Fsp3) is 0.500. The van der Waals surface area contributed by atoms with Gasteiger partial charge in [-0.05, 0) is 19.3 Å². The van der Waals surface area contributed by atoms with Crippen LogP contribution in [0.4, 0.5) is 5.82 Å². The molecule has 0 spiro atoms. The molecule has 0 amide bonds. The third-order valence-corrected chi connectivity index (χ3v) is 8.09. The van der Waals surface area contributed by atoms with E-state index in [1.807, 2.05) is 0 Å². The first-order valence-electron chi connectivity index (χ1n) is 9.76. The third-order valence-electron chi connectivity index (χ3n) is 5.36. The molecule has 3 N–H and O–H groups in total. The maximum atomic E-state index is 12.8. The van der Waals surface area contributed by atoms with E-state index in [2.05, 4.69) is 21.8 Å². The highest BCUT2D eigenvalue weighted by molar-refractivity contribution is 7.99. The Labute approximate surface area is 181 Å². The number of nitrogen functional groups attached to an aromatic ring is 1. The van der Waals surface area contributed by atoms with Gasteiger partial charge < -0.3 is 10.3 Å². The Morgan fingerprint density at radius 3 is 2.65 bits per heavy atom. The van der Waals surface area contributed by atoms with Crippen molar-refractivity contribution in [3.8, 4) is 0 Å². The Bertz CT molecular complexity index is 1270. The van der Waals surface area contributed by atoms with Gasteiger partial charge in [0.2, 0.25) is 0 Å². The zero-order valence-corrected chi connectivity index (χ0v) is 18.2. The van der Waals surface area contributed by atoms with Crippen LogP contribution in [0.25, 0.3) is 0 Å². The normalized spacial score (nSPS) is 20.1. The standard InChI is InChI=1S/C18H22N6O5S2/c1-2-6-23-15(10-5-7-31(28,29)9-10)21-22-18(23)30-8-12(25)13-14(19)24(11-3-4-11)17(27)20-16(13)26/h2,10-11H,1,3-9,19H2,(H,20,26,27). The molecule has 31 heavy (non-hydrogen) atoms. The lowest BCUT2D eigenvalue weighted by molar-refractivity contribution is 0.102. The van der Waals surface area contributed by atoms with Crippen molar-refractivity contribution in [1.82, 2.24) is 24.3 Å². The number of carbonyl (C=O) groups excluding carboxylic acids is 1. The number of hydrogen-bond donors (Lipinski definition) is 2. The van der Waals surface area contributed by atoms with E-state index in [1.165, 1.54) is 4.57 Å². The Morgan fingerprint density at radius 2 is 2.03 bits per heavy atom. The van der Waals surface area contributed by atoms with Crippen molar-refractivity contribution in [3.05, 3.63) is 44.9 Å². The lowest BCUT2D eigenvalue weighted by Crippen LogP contribution is -2.36. The van der Waals surface area contributed by atoms with Gasteiger partial charge in [-0.2, -0.15) is 0 Å². The lowest BCUT2D eigenvalue weighted by Gasteiger charge is -2.12. The lowest BCUT2D eigenvalue weighted by atomic mass is 10.1. The van der Waals surface area contributed by atoms with Gasteiger partial charge in [0, 0.05) is 18.5 Å². The molecule has 1 atom stereocenters. The quantitative estimate of drug-likeness (QED) is 0.312. The molecule has 13 heteroatoms. The predicted octanol–water partition coefficient (Wildman–Crippen LogP) is 0.108. The van der Waals surface area contributed by atoms with Crippen LogP contribution in [0.3, 0.4) is 0 Å². The van der Waals surface area contributed by atoms with Gasteiger partial charge in [0.05, 0.1) is 17.3 Å². The van der Waals surface area contributed by atoms with E-state index in [0.717, 1.165) is 24.6 Å². The highest BCUT2D eigenvalue weighted by Gasteiger charge is 2.33. The van der Waals surface area contributed by atoms with E-state index in [0.29, 0.717) is 23.9 Å². The zero-order valence-electron chi connectivity index (χ0n) is 16.6. The number of sulfone groups is 1. The van der Waals surface area contributed by atoms with Crippen molar-refractivity contribution < 1.29 is 13.2 Å². The number of anilines is 1. The molecule has 3 heterocycles. The zero-order chi connectivity index (χ0) is 22.3. The number of Topliss-reactive ketones (excluding diaryl/α,β-unsaturated/α-hetero) is 1. The van der Waals surface area contributed by atoms with E-state index < -0.39 is 26.9 Å². The number of aromatic nitrogens is 5. The van der Waals surface area contributed by atoms with Crippen LogP contribution in [0.5, 0.6) is 0 Å².